The van der Waals surface area contributed by atoms with E-state index < -0.39 is 0 Å². The fourth-order valence-corrected chi connectivity index (χ4v) is 1.91. The molecule has 19 heavy (non-hydrogen) atoms. The van der Waals surface area contributed by atoms with E-state index in [1.54, 1.807) is 0 Å². The number of rotatable bonds is 6. The molecule has 0 saturated heterocycles. The van der Waals surface area contributed by atoms with Crippen LogP contribution in [0.5, 0.6) is 0 Å². The highest BCUT2D eigenvalue weighted by atomic mass is 15.2. The van der Waals surface area contributed by atoms with Crippen molar-refractivity contribution in [3.05, 3.63) is 0 Å². The van der Waals surface area contributed by atoms with Gasteiger partial charge in [-0.1, -0.05) is 0 Å². The average molecular weight is 271 g/mol. The maximum absolute atomic E-state index is 3.57. The van der Waals surface area contributed by atoms with Gasteiger partial charge in [0.1, 0.15) is 0 Å². The van der Waals surface area contributed by atoms with Gasteiger partial charge in [0.05, 0.1) is 0 Å². The minimum atomic E-state index is 0.202. The average Bonchev–Trinajstić information content (AvgIpc) is 2.09. The van der Waals surface area contributed by atoms with Crippen molar-refractivity contribution in [2.75, 3.05) is 26.2 Å². The van der Waals surface area contributed by atoms with Crippen LogP contribution in [0.25, 0.3) is 0 Å². The second kappa shape index (κ2) is 7.05. The Bertz CT molecular complexity index is 220. The molecule has 116 valence electrons. The molecule has 0 radical (unpaired) electrons. The van der Waals surface area contributed by atoms with Gasteiger partial charge in [-0.2, -0.15) is 0 Å². The predicted molar refractivity (Wildman–Crippen MR) is 86.8 cm³/mol. The Hall–Kier alpha value is -0.120. The van der Waals surface area contributed by atoms with Crippen LogP contribution in [0.15, 0.2) is 0 Å². The zero-order chi connectivity index (χ0) is 15.3. The normalized spacial score (nSPS) is 14.2. The topological polar surface area (TPSA) is 27.3 Å². The second-order valence-corrected chi connectivity index (χ2v) is 8.51. The molecule has 0 heterocycles. The molecule has 0 aliphatic carbocycles. The smallest absolute Gasteiger partial charge is 0.0126 e. The predicted octanol–water partition coefficient (Wildman–Crippen LogP) is 2.86. The Morgan fingerprint density at radius 1 is 0.632 bits per heavy atom. The fraction of sp³-hybridized carbons (Fsp3) is 1.00. The van der Waals surface area contributed by atoms with Crippen LogP contribution in [-0.4, -0.2) is 47.7 Å². The Balaban J connectivity index is 4.19. The van der Waals surface area contributed by atoms with Crippen molar-refractivity contribution in [3.8, 4) is 0 Å². The molecule has 0 unspecified atom stereocenters. The number of hydrogen-bond acceptors (Lipinski definition) is 3. The van der Waals surface area contributed by atoms with E-state index in [1.165, 1.54) is 0 Å². The highest BCUT2D eigenvalue weighted by molar-refractivity contribution is 4.80. The van der Waals surface area contributed by atoms with Gasteiger partial charge in [0.2, 0.25) is 0 Å². The van der Waals surface area contributed by atoms with E-state index in [0.29, 0.717) is 0 Å². The third-order valence-electron chi connectivity index (χ3n) is 3.02. The van der Waals surface area contributed by atoms with Crippen molar-refractivity contribution < 1.29 is 0 Å². The minimum absolute atomic E-state index is 0.202. The second-order valence-electron chi connectivity index (χ2n) is 8.51. The molecule has 0 rings (SSSR count). The first-order chi connectivity index (χ1) is 8.31. The summed E-state index contributed by atoms with van der Waals surface area (Å²) in [6.45, 7) is 24.4. The van der Waals surface area contributed by atoms with E-state index in [4.69, 9.17) is 0 Å². The summed E-state index contributed by atoms with van der Waals surface area (Å²) < 4.78 is 0. The summed E-state index contributed by atoms with van der Waals surface area (Å²) in [5.41, 5.74) is 0.625. The van der Waals surface area contributed by atoms with Crippen LogP contribution < -0.4 is 10.6 Å². The van der Waals surface area contributed by atoms with Gasteiger partial charge >= 0.3 is 0 Å². The lowest BCUT2D eigenvalue weighted by Crippen LogP contribution is -2.51. The largest absolute Gasteiger partial charge is 0.311 e. The number of nitrogens with one attached hydrogen (secondary N) is 2. The highest BCUT2D eigenvalue weighted by Crippen LogP contribution is 2.12. The molecule has 0 bridgehead atoms. The Morgan fingerprint density at radius 3 is 1.16 bits per heavy atom. The summed E-state index contributed by atoms with van der Waals surface area (Å²) in [6, 6.07) is 0. The summed E-state index contributed by atoms with van der Waals surface area (Å²) in [7, 11) is 0. The van der Waals surface area contributed by atoms with Crippen LogP contribution in [0, 0.1) is 0 Å². The molecule has 0 aliphatic rings. The third kappa shape index (κ3) is 11.4. The van der Waals surface area contributed by atoms with Crippen LogP contribution in [0.4, 0.5) is 0 Å². The molecule has 0 aliphatic heterocycles. The zero-order valence-corrected chi connectivity index (χ0v) is 14.8. The summed E-state index contributed by atoms with van der Waals surface area (Å²) in [5, 5.41) is 7.14. The lowest BCUT2D eigenvalue weighted by molar-refractivity contribution is 0.131. The van der Waals surface area contributed by atoms with Crippen molar-refractivity contribution in [2.45, 2.75) is 78.9 Å². The monoisotopic (exact) mass is 271 g/mol. The van der Waals surface area contributed by atoms with Crippen molar-refractivity contribution in [1.82, 2.24) is 15.5 Å². The maximum atomic E-state index is 3.57. The molecule has 2 N–H and O–H groups in total. The number of nitrogens with zero attached hydrogens (tertiary/aromatic N) is 1. The Morgan fingerprint density at radius 2 is 0.947 bits per heavy atom. The molecule has 0 fully saturated rings. The van der Waals surface area contributed by atoms with Crippen LogP contribution >= 0.6 is 0 Å². The van der Waals surface area contributed by atoms with E-state index >= 15 is 0 Å². The summed E-state index contributed by atoms with van der Waals surface area (Å²) in [6.07, 6.45) is 0. The Kier molecular flexibility index (Phi) is 7.01. The molecular formula is C16H37N3. The highest BCUT2D eigenvalue weighted by Gasteiger charge is 2.21. The van der Waals surface area contributed by atoms with Gasteiger partial charge in [0.15, 0.2) is 0 Å². The minimum Gasteiger partial charge on any atom is -0.311 e. The molecule has 0 saturated carbocycles. The molecule has 3 heteroatoms. The fourth-order valence-electron chi connectivity index (χ4n) is 1.91. The SMILES string of the molecule is CC(C)(C)NCCN(CCNC(C)(C)C)C(C)(C)C. The van der Waals surface area contributed by atoms with Crippen molar-refractivity contribution >= 4 is 0 Å². The van der Waals surface area contributed by atoms with Gasteiger partial charge in [0.25, 0.3) is 0 Å². The van der Waals surface area contributed by atoms with Gasteiger partial charge in [-0.25, -0.2) is 0 Å². The van der Waals surface area contributed by atoms with Crippen LogP contribution in [0.2, 0.25) is 0 Å². The van der Waals surface area contributed by atoms with Crippen LogP contribution in [-0.2, 0) is 0 Å². The lowest BCUT2D eigenvalue weighted by Gasteiger charge is -2.37. The summed E-state index contributed by atoms with van der Waals surface area (Å²) in [4.78, 5) is 2.55. The molecule has 3 nitrogen and oxygen atoms in total. The quantitative estimate of drug-likeness (QED) is 0.778. The van der Waals surface area contributed by atoms with E-state index in [0.717, 1.165) is 26.2 Å². The first kappa shape index (κ1) is 18.9. The molecule has 0 aromatic carbocycles. The van der Waals surface area contributed by atoms with E-state index in [-0.39, 0.29) is 16.6 Å². The lowest BCUT2D eigenvalue weighted by atomic mass is 10.1. The van der Waals surface area contributed by atoms with Crippen molar-refractivity contribution in [1.29, 1.82) is 0 Å². The number of hydrogen-bond donors (Lipinski definition) is 2. The van der Waals surface area contributed by atoms with Crippen LogP contribution in [0.1, 0.15) is 62.3 Å². The van der Waals surface area contributed by atoms with E-state index in [2.05, 4.69) is 77.8 Å². The molecule has 0 atom stereocenters. The van der Waals surface area contributed by atoms with Crippen molar-refractivity contribution in [2.24, 2.45) is 0 Å². The zero-order valence-electron chi connectivity index (χ0n) is 14.8. The van der Waals surface area contributed by atoms with Gasteiger partial charge in [-0.3, -0.25) is 4.90 Å². The van der Waals surface area contributed by atoms with E-state index in [1.807, 2.05) is 0 Å². The molecule has 0 aromatic heterocycles. The first-order valence-corrected chi connectivity index (χ1v) is 7.56. The summed E-state index contributed by atoms with van der Waals surface area (Å²) >= 11 is 0. The van der Waals surface area contributed by atoms with Crippen molar-refractivity contribution in [3.63, 3.8) is 0 Å². The molecular weight excluding hydrogens is 234 g/mol. The Labute approximate surface area is 121 Å². The molecule has 0 aromatic rings. The van der Waals surface area contributed by atoms with Gasteiger partial charge in [0, 0.05) is 42.8 Å². The van der Waals surface area contributed by atoms with Crippen LogP contribution in [0.3, 0.4) is 0 Å². The van der Waals surface area contributed by atoms with Gasteiger partial charge in [-0.15, -0.1) is 0 Å². The van der Waals surface area contributed by atoms with E-state index in [9.17, 15) is 0 Å². The van der Waals surface area contributed by atoms with Gasteiger partial charge < -0.3 is 10.6 Å². The summed E-state index contributed by atoms with van der Waals surface area (Å²) in [5.74, 6) is 0. The first-order valence-electron chi connectivity index (χ1n) is 7.56. The third-order valence-corrected chi connectivity index (χ3v) is 3.02. The van der Waals surface area contributed by atoms with Gasteiger partial charge in [-0.05, 0) is 62.3 Å². The maximum Gasteiger partial charge on any atom is 0.0126 e. The standard InChI is InChI=1S/C16H37N3/c1-14(2,3)17-10-12-19(16(7,8)9)13-11-18-15(4,5)6/h17-18H,10-13H2,1-9H3. The molecule has 0 spiro atoms. The molecule has 0 amide bonds.